The van der Waals surface area contributed by atoms with Gasteiger partial charge < -0.3 is 21.1 Å². The zero-order chi connectivity index (χ0) is 20.2. The maximum atomic E-state index is 12.2. The van der Waals surface area contributed by atoms with Gasteiger partial charge in [0.1, 0.15) is 11.1 Å². The highest BCUT2D eigenvalue weighted by Crippen LogP contribution is 2.40. The van der Waals surface area contributed by atoms with Crippen LogP contribution in [0.2, 0.25) is 0 Å². The van der Waals surface area contributed by atoms with Crippen LogP contribution in [-0.4, -0.2) is 29.6 Å². The zero-order valence-electron chi connectivity index (χ0n) is 16.0. The topological polar surface area (TPSA) is 106 Å². The monoisotopic (exact) mass is 412 g/mol. The van der Waals surface area contributed by atoms with E-state index in [0.29, 0.717) is 29.6 Å². The van der Waals surface area contributed by atoms with Crippen molar-refractivity contribution < 1.29 is 14.3 Å². The van der Waals surface area contributed by atoms with E-state index in [9.17, 15) is 9.59 Å². The lowest BCUT2D eigenvalue weighted by Crippen LogP contribution is -2.32. The molecule has 1 saturated carbocycles. The first-order valence-corrected chi connectivity index (χ1v) is 10.6. The summed E-state index contributed by atoms with van der Waals surface area (Å²) in [7, 11) is 0. The molecule has 4 N–H and O–H groups in total. The van der Waals surface area contributed by atoms with Gasteiger partial charge in [0, 0.05) is 36.3 Å². The van der Waals surface area contributed by atoms with E-state index in [1.807, 2.05) is 12.1 Å². The minimum atomic E-state index is -0.344. The standard InChI is InChI=1S/C21H24N4O3S/c22-19-16-7-6-15(28-21(27)24-12-14-3-4-14)10-17(16)29-20(19)25-18(26)8-5-13-2-1-9-23-11-13/h1-2,5,8-9,11,14-15H,3-4,6-7,10,12,22H2,(H,24,27)(H,25,26)/b8-5+. The number of fused-ring (bicyclic) bond motifs is 1. The SMILES string of the molecule is Nc1c(NC(=O)/C=C/c2cccnc2)sc2c1CCC(OC(=O)NCC1CC1)C2. The average Bonchev–Trinajstić information content (AvgIpc) is 3.50. The van der Waals surface area contributed by atoms with Crippen molar-refractivity contribution in [1.82, 2.24) is 10.3 Å². The van der Waals surface area contributed by atoms with E-state index in [1.54, 1.807) is 18.5 Å². The van der Waals surface area contributed by atoms with Crippen LogP contribution in [0.3, 0.4) is 0 Å². The van der Waals surface area contributed by atoms with Crippen molar-refractivity contribution in [3.63, 3.8) is 0 Å². The molecule has 0 aromatic carbocycles. The molecule has 2 aromatic heterocycles. The van der Waals surface area contributed by atoms with E-state index in [4.69, 9.17) is 10.5 Å². The fraction of sp³-hybridized carbons (Fsp3) is 0.381. The number of alkyl carbamates (subject to hydrolysis) is 1. The largest absolute Gasteiger partial charge is 0.446 e. The molecule has 0 saturated heterocycles. The van der Waals surface area contributed by atoms with Crippen LogP contribution in [0.25, 0.3) is 6.08 Å². The fourth-order valence-corrected chi connectivity index (χ4v) is 4.55. The van der Waals surface area contributed by atoms with Gasteiger partial charge in [-0.2, -0.15) is 0 Å². The predicted molar refractivity (Wildman–Crippen MR) is 114 cm³/mol. The zero-order valence-corrected chi connectivity index (χ0v) is 16.8. The number of ether oxygens (including phenoxy) is 1. The molecule has 0 radical (unpaired) electrons. The summed E-state index contributed by atoms with van der Waals surface area (Å²) in [5, 5.41) is 6.34. The maximum absolute atomic E-state index is 12.2. The van der Waals surface area contributed by atoms with Gasteiger partial charge in [-0.25, -0.2) is 4.79 Å². The third-order valence-electron chi connectivity index (χ3n) is 5.11. The maximum Gasteiger partial charge on any atom is 0.407 e. The lowest BCUT2D eigenvalue weighted by atomic mass is 9.95. The highest BCUT2D eigenvalue weighted by molar-refractivity contribution is 7.17. The Kier molecular flexibility index (Phi) is 5.80. The smallest absolute Gasteiger partial charge is 0.407 e. The molecule has 2 heterocycles. The molecular weight excluding hydrogens is 388 g/mol. The van der Waals surface area contributed by atoms with Crippen LogP contribution in [0.5, 0.6) is 0 Å². The normalized spacial score (nSPS) is 18.3. The van der Waals surface area contributed by atoms with E-state index < -0.39 is 0 Å². The van der Waals surface area contributed by atoms with Gasteiger partial charge >= 0.3 is 6.09 Å². The number of nitrogens with two attached hydrogens (primary N) is 1. The van der Waals surface area contributed by atoms with E-state index in [-0.39, 0.29) is 18.1 Å². The Labute approximate surface area is 173 Å². The second kappa shape index (κ2) is 8.65. The molecule has 1 atom stereocenters. The van der Waals surface area contributed by atoms with Crippen molar-refractivity contribution in [1.29, 1.82) is 0 Å². The summed E-state index contributed by atoms with van der Waals surface area (Å²) in [6.07, 6.45) is 10.5. The van der Waals surface area contributed by atoms with E-state index in [2.05, 4.69) is 15.6 Å². The third-order valence-corrected chi connectivity index (χ3v) is 6.30. The molecule has 2 aliphatic carbocycles. The molecule has 4 rings (SSSR count). The number of nitrogens with one attached hydrogen (secondary N) is 2. The van der Waals surface area contributed by atoms with Gasteiger partial charge in [0.05, 0.1) is 5.69 Å². The average molecular weight is 413 g/mol. The lowest BCUT2D eigenvalue weighted by molar-refractivity contribution is -0.111. The van der Waals surface area contributed by atoms with Gasteiger partial charge in [0.2, 0.25) is 5.91 Å². The molecule has 0 aliphatic heterocycles. The second-order valence-corrected chi connectivity index (χ2v) is 8.56. The van der Waals surface area contributed by atoms with Crippen molar-refractivity contribution in [2.45, 2.75) is 38.2 Å². The predicted octanol–water partition coefficient (Wildman–Crippen LogP) is 3.37. The molecule has 152 valence electrons. The molecule has 29 heavy (non-hydrogen) atoms. The molecule has 1 fully saturated rings. The van der Waals surface area contributed by atoms with Crippen LogP contribution >= 0.6 is 11.3 Å². The Morgan fingerprint density at radius 2 is 2.21 bits per heavy atom. The molecule has 2 amide bonds. The number of hydrogen-bond acceptors (Lipinski definition) is 6. The number of aromatic nitrogens is 1. The number of carbonyl (C=O) groups is 2. The Hall–Kier alpha value is -2.87. The second-order valence-electron chi connectivity index (χ2n) is 7.45. The number of nitrogens with zero attached hydrogens (tertiary/aromatic N) is 1. The number of anilines is 2. The number of carbonyl (C=O) groups excluding carboxylic acids is 2. The molecule has 2 aromatic rings. The molecule has 7 nitrogen and oxygen atoms in total. The summed E-state index contributed by atoms with van der Waals surface area (Å²) in [6, 6.07) is 3.68. The van der Waals surface area contributed by atoms with Crippen LogP contribution < -0.4 is 16.4 Å². The molecule has 0 bridgehead atoms. The Bertz CT molecular complexity index is 922. The van der Waals surface area contributed by atoms with Gasteiger partial charge in [-0.1, -0.05) is 6.07 Å². The molecular formula is C21H24N4O3S. The van der Waals surface area contributed by atoms with Gasteiger partial charge in [-0.15, -0.1) is 11.3 Å². The molecule has 2 aliphatic rings. The first-order valence-electron chi connectivity index (χ1n) is 9.82. The molecule has 8 heteroatoms. The minimum Gasteiger partial charge on any atom is -0.446 e. The first-order chi connectivity index (χ1) is 14.1. The number of amides is 2. The number of hydrogen-bond donors (Lipinski definition) is 3. The van der Waals surface area contributed by atoms with Gasteiger partial charge in [-0.05, 0) is 54.9 Å². The number of pyridine rings is 1. The van der Waals surface area contributed by atoms with Crippen molar-refractivity contribution in [3.8, 4) is 0 Å². The van der Waals surface area contributed by atoms with Gasteiger partial charge in [0.15, 0.2) is 0 Å². The van der Waals surface area contributed by atoms with Crippen LogP contribution in [0.4, 0.5) is 15.5 Å². The molecule has 1 unspecified atom stereocenters. The third kappa shape index (κ3) is 5.14. The number of thiophene rings is 1. The van der Waals surface area contributed by atoms with Crippen LogP contribution in [0, 0.1) is 5.92 Å². The van der Waals surface area contributed by atoms with Crippen LogP contribution in [0.1, 0.15) is 35.3 Å². The van der Waals surface area contributed by atoms with Crippen molar-refractivity contribution in [2.24, 2.45) is 5.92 Å². The molecule has 0 spiro atoms. The van der Waals surface area contributed by atoms with Crippen LogP contribution in [0.15, 0.2) is 30.6 Å². The number of nitrogen functional groups attached to an aromatic ring is 1. The highest BCUT2D eigenvalue weighted by atomic mass is 32.1. The highest BCUT2D eigenvalue weighted by Gasteiger charge is 2.28. The Balaban J connectivity index is 1.34. The first kappa shape index (κ1) is 19.4. The summed E-state index contributed by atoms with van der Waals surface area (Å²) in [6.45, 7) is 0.700. The Morgan fingerprint density at radius 1 is 1.34 bits per heavy atom. The Morgan fingerprint density at radius 3 is 2.97 bits per heavy atom. The summed E-state index contributed by atoms with van der Waals surface area (Å²) >= 11 is 1.46. The summed E-state index contributed by atoms with van der Waals surface area (Å²) in [4.78, 5) is 29.3. The lowest BCUT2D eigenvalue weighted by Gasteiger charge is -2.22. The quantitative estimate of drug-likeness (QED) is 0.631. The van der Waals surface area contributed by atoms with Crippen molar-refractivity contribution >= 4 is 40.1 Å². The van der Waals surface area contributed by atoms with Gasteiger partial charge in [0.25, 0.3) is 0 Å². The van der Waals surface area contributed by atoms with Crippen LogP contribution in [-0.2, 0) is 22.4 Å². The fourth-order valence-electron chi connectivity index (χ4n) is 3.32. The van der Waals surface area contributed by atoms with Crippen molar-refractivity contribution in [3.05, 3.63) is 46.6 Å². The van der Waals surface area contributed by atoms with E-state index in [0.717, 1.165) is 28.8 Å². The van der Waals surface area contributed by atoms with Crippen molar-refractivity contribution in [2.75, 3.05) is 17.6 Å². The van der Waals surface area contributed by atoms with Gasteiger partial charge in [-0.3, -0.25) is 9.78 Å². The minimum absolute atomic E-state index is 0.159. The summed E-state index contributed by atoms with van der Waals surface area (Å²) in [5.74, 6) is 0.377. The van der Waals surface area contributed by atoms with E-state index in [1.165, 1.54) is 30.3 Å². The van der Waals surface area contributed by atoms with E-state index >= 15 is 0 Å². The number of rotatable bonds is 6. The summed E-state index contributed by atoms with van der Waals surface area (Å²) in [5.41, 5.74) is 8.77. The summed E-state index contributed by atoms with van der Waals surface area (Å²) < 4.78 is 5.56.